The maximum absolute atomic E-state index is 12.7. The van der Waals surface area contributed by atoms with E-state index in [2.05, 4.69) is 25.6 Å². The lowest BCUT2D eigenvalue weighted by Crippen LogP contribution is -2.26. The van der Waals surface area contributed by atoms with E-state index in [9.17, 15) is 4.79 Å². The van der Waals surface area contributed by atoms with Gasteiger partial charge in [0.15, 0.2) is 23.0 Å². The Bertz CT molecular complexity index is 1480. The standard InChI is InChI=1S/C28H28N6O5/c1-4-38-25(17-31-15-18-6-5-10-30-14-18)27(29)28(35)34-26-8-7-19(16-33-26)39-22-9-11-32-21-13-24(37-3)23(36-2)12-20(21)22/h5-14,16-17,29,31H,4,15H2,1-3H3,(H,33,34,35)/b25-17+,29-27?. The van der Waals surface area contributed by atoms with Crippen LogP contribution in [0, 0.1) is 5.41 Å². The third-order valence-corrected chi connectivity index (χ3v) is 5.45. The maximum Gasteiger partial charge on any atom is 0.278 e. The number of nitrogens with zero attached hydrogens (tertiary/aromatic N) is 3. The van der Waals surface area contributed by atoms with Gasteiger partial charge in [-0.15, -0.1) is 0 Å². The molecule has 3 heterocycles. The molecule has 0 radical (unpaired) electrons. The first-order valence-electron chi connectivity index (χ1n) is 12.0. The lowest BCUT2D eigenvalue weighted by Gasteiger charge is -2.13. The minimum atomic E-state index is -0.666. The number of carbonyl (C=O) groups excluding carboxylic acids is 1. The Balaban J connectivity index is 1.42. The second-order valence-corrected chi connectivity index (χ2v) is 8.03. The van der Waals surface area contributed by atoms with Crippen molar-refractivity contribution in [3.8, 4) is 23.0 Å². The monoisotopic (exact) mass is 528 g/mol. The van der Waals surface area contributed by atoms with Crippen LogP contribution in [0.5, 0.6) is 23.0 Å². The predicted molar refractivity (Wildman–Crippen MR) is 146 cm³/mol. The fourth-order valence-corrected chi connectivity index (χ4v) is 3.57. The van der Waals surface area contributed by atoms with Crippen LogP contribution in [0.25, 0.3) is 10.9 Å². The molecule has 3 aromatic heterocycles. The molecule has 0 saturated carbocycles. The highest BCUT2D eigenvalue weighted by Gasteiger charge is 2.17. The quantitative estimate of drug-likeness (QED) is 0.179. The number of anilines is 1. The van der Waals surface area contributed by atoms with E-state index in [-0.39, 0.29) is 17.3 Å². The summed E-state index contributed by atoms with van der Waals surface area (Å²) in [6.07, 6.45) is 8.01. The van der Waals surface area contributed by atoms with Crippen LogP contribution in [-0.2, 0) is 16.1 Å². The summed E-state index contributed by atoms with van der Waals surface area (Å²) in [5.74, 6) is 1.80. The molecule has 4 rings (SSSR count). The number of carbonyl (C=O) groups is 1. The van der Waals surface area contributed by atoms with Gasteiger partial charge in [-0.1, -0.05) is 6.07 Å². The van der Waals surface area contributed by atoms with Crippen molar-refractivity contribution in [2.45, 2.75) is 13.5 Å². The third kappa shape index (κ3) is 6.77. The average molecular weight is 529 g/mol. The van der Waals surface area contributed by atoms with Gasteiger partial charge in [0.1, 0.15) is 17.3 Å². The Hall–Kier alpha value is -5.19. The van der Waals surface area contributed by atoms with Gasteiger partial charge in [-0.05, 0) is 42.8 Å². The van der Waals surface area contributed by atoms with Crippen molar-refractivity contribution in [1.82, 2.24) is 20.3 Å². The van der Waals surface area contributed by atoms with Gasteiger partial charge in [0.2, 0.25) is 0 Å². The second-order valence-electron chi connectivity index (χ2n) is 8.03. The highest BCUT2D eigenvalue weighted by Crippen LogP contribution is 2.36. The lowest BCUT2D eigenvalue weighted by atomic mass is 10.2. The smallest absolute Gasteiger partial charge is 0.278 e. The number of aromatic nitrogens is 3. The number of rotatable bonds is 12. The molecule has 0 fully saturated rings. The van der Waals surface area contributed by atoms with Crippen LogP contribution in [0.2, 0.25) is 0 Å². The molecule has 0 spiro atoms. The van der Waals surface area contributed by atoms with Crippen molar-refractivity contribution >= 4 is 28.3 Å². The second kappa shape index (κ2) is 12.9. The summed E-state index contributed by atoms with van der Waals surface area (Å²) in [5.41, 5.74) is 1.28. The predicted octanol–water partition coefficient (Wildman–Crippen LogP) is 4.46. The van der Waals surface area contributed by atoms with Gasteiger partial charge in [-0.3, -0.25) is 20.2 Å². The first kappa shape index (κ1) is 26.9. The van der Waals surface area contributed by atoms with Crippen molar-refractivity contribution in [1.29, 1.82) is 5.41 Å². The zero-order valence-electron chi connectivity index (χ0n) is 21.7. The topological polar surface area (TPSA) is 141 Å². The molecule has 0 aliphatic heterocycles. The Kier molecular flexibility index (Phi) is 8.86. The van der Waals surface area contributed by atoms with Crippen LogP contribution < -0.4 is 24.8 Å². The van der Waals surface area contributed by atoms with E-state index in [4.69, 9.17) is 24.4 Å². The van der Waals surface area contributed by atoms with Gasteiger partial charge < -0.3 is 29.6 Å². The van der Waals surface area contributed by atoms with Crippen molar-refractivity contribution < 1.29 is 23.7 Å². The molecular weight excluding hydrogens is 500 g/mol. The number of fused-ring (bicyclic) bond motifs is 1. The van der Waals surface area contributed by atoms with Crippen LogP contribution in [0.15, 0.2) is 79.2 Å². The van der Waals surface area contributed by atoms with E-state index in [0.29, 0.717) is 41.7 Å². The molecule has 39 heavy (non-hydrogen) atoms. The molecule has 4 aromatic rings. The van der Waals surface area contributed by atoms with Crippen LogP contribution in [0.4, 0.5) is 5.82 Å². The number of methoxy groups -OCH3 is 2. The summed E-state index contributed by atoms with van der Waals surface area (Å²) in [5, 5.41) is 14.7. The molecule has 1 amide bonds. The SMILES string of the molecule is CCO/C(=C/NCc1cccnc1)C(=N)C(=O)Nc1ccc(Oc2ccnc3cc(OC)c(OC)cc23)cn1. The fraction of sp³-hybridized carbons (Fsp3) is 0.179. The molecule has 0 atom stereocenters. The minimum Gasteiger partial charge on any atom is -0.493 e. The van der Waals surface area contributed by atoms with Crippen molar-refractivity contribution in [2.75, 3.05) is 26.1 Å². The largest absolute Gasteiger partial charge is 0.493 e. The Morgan fingerprint density at radius 3 is 2.51 bits per heavy atom. The summed E-state index contributed by atoms with van der Waals surface area (Å²) in [7, 11) is 3.12. The van der Waals surface area contributed by atoms with Gasteiger partial charge >= 0.3 is 0 Å². The van der Waals surface area contributed by atoms with Gasteiger partial charge in [-0.2, -0.15) is 0 Å². The molecule has 3 N–H and O–H groups in total. The summed E-state index contributed by atoms with van der Waals surface area (Å²) < 4.78 is 22.3. The Morgan fingerprint density at radius 1 is 1.00 bits per heavy atom. The van der Waals surface area contributed by atoms with Crippen molar-refractivity contribution in [2.24, 2.45) is 0 Å². The summed E-state index contributed by atoms with van der Waals surface area (Å²) in [6, 6.07) is 12.3. The van der Waals surface area contributed by atoms with Gasteiger partial charge in [-0.25, -0.2) is 4.98 Å². The average Bonchev–Trinajstić information content (AvgIpc) is 2.97. The van der Waals surface area contributed by atoms with Crippen molar-refractivity contribution in [3.05, 3.63) is 84.8 Å². The molecular formula is C28H28N6O5. The van der Waals surface area contributed by atoms with Gasteiger partial charge in [0, 0.05) is 42.8 Å². The number of hydrogen-bond acceptors (Lipinski definition) is 10. The zero-order chi connectivity index (χ0) is 27.6. The van der Waals surface area contributed by atoms with Crippen LogP contribution in [-0.4, -0.2) is 47.4 Å². The first-order chi connectivity index (χ1) is 19.0. The highest BCUT2D eigenvalue weighted by molar-refractivity contribution is 6.47. The number of amides is 1. The van der Waals surface area contributed by atoms with E-state index in [0.717, 1.165) is 10.9 Å². The van der Waals surface area contributed by atoms with Crippen LogP contribution >= 0.6 is 0 Å². The minimum absolute atomic E-state index is 0.107. The van der Waals surface area contributed by atoms with E-state index < -0.39 is 5.91 Å². The number of ether oxygens (including phenoxy) is 4. The molecule has 1 aromatic carbocycles. The normalized spacial score (nSPS) is 11.0. The molecule has 0 bridgehead atoms. The maximum atomic E-state index is 12.7. The first-order valence-corrected chi connectivity index (χ1v) is 12.0. The van der Waals surface area contributed by atoms with Gasteiger partial charge in [0.25, 0.3) is 5.91 Å². The number of hydrogen-bond donors (Lipinski definition) is 3. The Labute approximate surface area is 225 Å². The number of nitrogens with one attached hydrogen (secondary N) is 3. The van der Waals surface area contributed by atoms with E-state index in [1.807, 2.05) is 12.1 Å². The highest BCUT2D eigenvalue weighted by atomic mass is 16.5. The van der Waals surface area contributed by atoms with Crippen LogP contribution in [0.1, 0.15) is 12.5 Å². The number of benzene rings is 1. The molecule has 0 unspecified atom stereocenters. The molecule has 0 saturated heterocycles. The van der Waals surface area contributed by atoms with E-state index in [1.165, 1.54) is 12.4 Å². The number of pyridine rings is 3. The summed E-state index contributed by atoms with van der Waals surface area (Å²) in [4.78, 5) is 25.4. The van der Waals surface area contributed by atoms with E-state index >= 15 is 0 Å². The molecule has 11 heteroatoms. The zero-order valence-corrected chi connectivity index (χ0v) is 21.7. The Morgan fingerprint density at radius 2 is 1.82 bits per heavy atom. The molecule has 200 valence electrons. The molecule has 0 aliphatic rings. The summed E-state index contributed by atoms with van der Waals surface area (Å²) >= 11 is 0. The third-order valence-electron chi connectivity index (χ3n) is 5.45. The lowest BCUT2D eigenvalue weighted by molar-refractivity contribution is -0.110. The van der Waals surface area contributed by atoms with E-state index in [1.54, 1.807) is 70.1 Å². The van der Waals surface area contributed by atoms with Gasteiger partial charge in [0.05, 0.1) is 32.5 Å². The van der Waals surface area contributed by atoms with Crippen LogP contribution in [0.3, 0.4) is 0 Å². The fourth-order valence-electron chi connectivity index (χ4n) is 3.57. The van der Waals surface area contributed by atoms with Crippen molar-refractivity contribution in [3.63, 3.8) is 0 Å². The molecule has 11 nitrogen and oxygen atoms in total. The molecule has 0 aliphatic carbocycles. The summed E-state index contributed by atoms with van der Waals surface area (Å²) in [6.45, 7) is 2.54.